The molecule has 2 aromatic carbocycles. The van der Waals surface area contributed by atoms with Gasteiger partial charge in [-0.05, 0) is 86.0 Å². The molecule has 4 nitrogen and oxygen atoms in total. The minimum absolute atomic E-state index is 0.0284. The molecule has 2 heterocycles. The molecule has 1 amide bonds. The standard InChI is InChI=1S/C27H32N2O2S/c1-20-14-17-32-26(20)27(30)28-18-21(2)31-25-10-8-22(9-11-25)19-29-15-12-24(13-16-29)23-6-4-3-5-7-23/h3-11,14,17,21,24H,12-13,15-16,18-19H2,1-2H3,(H,28,30)/t21-/m1/s1. The molecule has 0 spiro atoms. The summed E-state index contributed by atoms with van der Waals surface area (Å²) in [6.45, 7) is 7.67. The number of likely N-dealkylation sites (tertiary alicyclic amines) is 1. The Balaban J connectivity index is 1.20. The average Bonchev–Trinajstić information content (AvgIpc) is 3.26. The summed E-state index contributed by atoms with van der Waals surface area (Å²) < 4.78 is 6.00. The van der Waals surface area contributed by atoms with E-state index in [0.29, 0.717) is 12.5 Å². The number of piperidine rings is 1. The second-order valence-corrected chi connectivity index (χ2v) is 9.59. The van der Waals surface area contributed by atoms with E-state index in [4.69, 9.17) is 4.74 Å². The van der Waals surface area contributed by atoms with Crippen LogP contribution in [0.2, 0.25) is 0 Å². The number of carbonyl (C=O) groups excluding carboxylic acids is 1. The zero-order chi connectivity index (χ0) is 22.3. The Hall–Kier alpha value is -2.63. The molecule has 1 saturated heterocycles. The second kappa shape index (κ2) is 10.8. The van der Waals surface area contributed by atoms with Crippen LogP contribution in [0.3, 0.4) is 0 Å². The van der Waals surface area contributed by atoms with Gasteiger partial charge >= 0.3 is 0 Å². The van der Waals surface area contributed by atoms with E-state index in [1.165, 1.54) is 35.3 Å². The molecule has 0 saturated carbocycles. The third kappa shape index (κ3) is 5.99. The fourth-order valence-electron chi connectivity index (χ4n) is 4.28. The van der Waals surface area contributed by atoms with Crippen LogP contribution < -0.4 is 10.1 Å². The maximum absolute atomic E-state index is 12.3. The number of aryl methyl sites for hydroxylation is 1. The number of amides is 1. The summed E-state index contributed by atoms with van der Waals surface area (Å²) in [4.78, 5) is 15.6. The van der Waals surface area contributed by atoms with Gasteiger partial charge in [0.25, 0.3) is 5.91 Å². The van der Waals surface area contributed by atoms with Crippen molar-refractivity contribution in [2.24, 2.45) is 0 Å². The van der Waals surface area contributed by atoms with Crippen LogP contribution in [0.5, 0.6) is 5.75 Å². The SMILES string of the molecule is Cc1ccsc1C(=O)NC[C@@H](C)Oc1ccc(CN2CCC(c3ccccc3)CC2)cc1. The summed E-state index contributed by atoms with van der Waals surface area (Å²) in [6, 6.07) is 21.2. The molecule has 0 bridgehead atoms. The molecule has 32 heavy (non-hydrogen) atoms. The largest absolute Gasteiger partial charge is 0.489 e. The van der Waals surface area contributed by atoms with Crippen molar-refractivity contribution >= 4 is 17.2 Å². The van der Waals surface area contributed by atoms with Crippen LogP contribution >= 0.6 is 11.3 Å². The molecular weight excluding hydrogens is 416 g/mol. The number of hydrogen-bond acceptors (Lipinski definition) is 4. The predicted molar refractivity (Wildman–Crippen MR) is 132 cm³/mol. The van der Waals surface area contributed by atoms with Crippen LogP contribution in [-0.4, -0.2) is 36.5 Å². The normalized spacial score (nSPS) is 15.9. The van der Waals surface area contributed by atoms with Gasteiger partial charge in [0.05, 0.1) is 11.4 Å². The average molecular weight is 449 g/mol. The van der Waals surface area contributed by atoms with Crippen molar-refractivity contribution in [3.8, 4) is 5.75 Å². The number of ether oxygens (including phenoxy) is 1. The van der Waals surface area contributed by atoms with Crippen LogP contribution in [0.4, 0.5) is 0 Å². The topological polar surface area (TPSA) is 41.6 Å². The summed E-state index contributed by atoms with van der Waals surface area (Å²) in [6.07, 6.45) is 2.35. The van der Waals surface area contributed by atoms with Gasteiger partial charge in [-0.15, -0.1) is 11.3 Å². The Morgan fingerprint density at radius 2 is 1.81 bits per heavy atom. The van der Waals surface area contributed by atoms with Crippen molar-refractivity contribution in [1.29, 1.82) is 0 Å². The number of carbonyl (C=O) groups is 1. The fraction of sp³-hybridized carbons (Fsp3) is 0.370. The van der Waals surface area contributed by atoms with Gasteiger partial charge in [0.1, 0.15) is 11.9 Å². The second-order valence-electron chi connectivity index (χ2n) is 8.68. The lowest BCUT2D eigenvalue weighted by molar-refractivity contribution is 0.0935. The molecule has 5 heteroatoms. The molecule has 1 atom stereocenters. The lowest BCUT2D eigenvalue weighted by Crippen LogP contribution is -2.33. The molecule has 168 valence electrons. The number of benzene rings is 2. The van der Waals surface area contributed by atoms with Gasteiger partial charge in [0, 0.05) is 6.54 Å². The summed E-state index contributed by atoms with van der Waals surface area (Å²) >= 11 is 1.47. The highest BCUT2D eigenvalue weighted by Gasteiger charge is 2.20. The highest BCUT2D eigenvalue weighted by atomic mass is 32.1. The van der Waals surface area contributed by atoms with Crippen molar-refractivity contribution in [2.75, 3.05) is 19.6 Å². The highest BCUT2D eigenvalue weighted by molar-refractivity contribution is 7.12. The molecule has 3 aromatic rings. The smallest absolute Gasteiger partial charge is 0.261 e. The molecule has 0 aliphatic carbocycles. The Morgan fingerprint density at radius 3 is 2.47 bits per heavy atom. The molecule has 1 aliphatic heterocycles. The molecule has 4 rings (SSSR count). The number of nitrogens with zero attached hydrogens (tertiary/aromatic N) is 1. The van der Waals surface area contributed by atoms with Crippen LogP contribution in [0.1, 0.15) is 52.0 Å². The molecule has 0 radical (unpaired) electrons. The number of thiophene rings is 1. The van der Waals surface area contributed by atoms with E-state index in [-0.39, 0.29) is 12.0 Å². The monoisotopic (exact) mass is 448 g/mol. The maximum Gasteiger partial charge on any atom is 0.261 e. The van der Waals surface area contributed by atoms with Crippen molar-refractivity contribution < 1.29 is 9.53 Å². The zero-order valence-corrected chi connectivity index (χ0v) is 19.7. The molecular formula is C27H32N2O2S. The van der Waals surface area contributed by atoms with Gasteiger partial charge in [-0.2, -0.15) is 0 Å². The van der Waals surface area contributed by atoms with E-state index < -0.39 is 0 Å². The van der Waals surface area contributed by atoms with E-state index in [9.17, 15) is 4.79 Å². The fourth-order valence-corrected chi connectivity index (χ4v) is 5.12. The Bertz CT molecular complexity index is 992. The van der Waals surface area contributed by atoms with Gasteiger partial charge in [-0.3, -0.25) is 9.69 Å². The van der Waals surface area contributed by atoms with Crippen molar-refractivity contribution in [2.45, 2.75) is 45.3 Å². The van der Waals surface area contributed by atoms with E-state index in [2.05, 4.69) is 52.7 Å². The van der Waals surface area contributed by atoms with Crippen molar-refractivity contribution in [3.05, 3.63) is 87.6 Å². The van der Waals surface area contributed by atoms with Crippen LogP contribution in [0, 0.1) is 6.92 Å². The van der Waals surface area contributed by atoms with Crippen LogP contribution in [0.15, 0.2) is 66.0 Å². The summed E-state index contributed by atoms with van der Waals surface area (Å²) in [5.41, 5.74) is 3.80. The zero-order valence-electron chi connectivity index (χ0n) is 18.9. The Labute approximate surface area is 195 Å². The highest BCUT2D eigenvalue weighted by Crippen LogP contribution is 2.28. The van der Waals surface area contributed by atoms with Crippen molar-refractivity contribution in [1.82, 2.24) is 10.2 Å². The van der Waals surface area contributed by atoms with E-state index in [1.807, 2.05) is 37.4 Å². The van der Waals surface area contributed by atoms with Gasteiger partial charge < -0.3 is 10.1 Å². The Morgan fingerprint density at radius 1 is 1.09 bits per heavy atom. The van der Waals surface area contributed by atoms with E-state index >= 15 is 0 Å². The van der Waals surface area contributed by atoms with Gasteiger partial charge in [0.15, 0.2) is 0 Å². The quantitative estimate of drug-likeness (QED) is 0.485. The first kappa shape index (κ1) is 22.6. The first-order valence-electron chi connectivity index (χ1n) is 11.4. The van der Waals surface area contributed by atoms with Crippen LogP contribution in [-0.2, 0) is 6.54 Å². The van der Waals surface area contributed by atoms with Crippen LogP contribution in [0.25, 0.3) is 0 Å². The first-order chi connectivity index (χ1) is 15.6. The summed E-state index contributed by atoms with van der Waals surface area (Å²) in [7, 11) is 0. The van der Waals surface area contributed by atoms with Crippen molar-refractivity contribution in [3.63, 3.8) is 0 Å². The number of hydrogen-bond donors (Lipinski definition) is 1. The number of nitrogens with one attached hydrogen (secondary N) is 1. The van der Waals surface area contributed by atoms with Gasteiger partial charge in [-0.25, -0.2) is 0 Å². The minimum atomic E-state index is -0.0953. The van der Waals surface area contributed by atoms with E-state index in [0.717, 1.165) is 35.8 Å². The minimum Gasteiger partial charge on any atom is -0.489 e. The first-order valence-corrected chi connectivity index (χ1v) is 12.3. The van der Waals surface area contributed by atoms with Gasteiger partial charge in [-0.1, -0.05) is 42.5 Å². The van der Waals surface area contributed by atoms with E-state index in [1.54, 1.807) is 0 Å². The lowest BCUT2D eigenvalue weighted by Gasteiger charge is -2.32. The lowest BCUT2D eigenvalue weighted by atomic mass is 9.89. The number of rotatable bonds is 8. The molecule has 1 fully saturated rings. The third-order valence-electron chi connectivity index (χ3n) is 6.14. The predicted octanol–water partition coefficient (Wildman–Crippen LogP) is 5.63. The summed E-state index contributed by atoms with van der Waals surface area (Å²) in [5.74, 6) is 1.50. The summed E-state index contributed by atoms with van der Waals surface area (Å²) in [5, 5.41) is 4.91. The maximum atomic E-state index is 12.3. The van der Waals surface area contributed by atoms with Gasteiger partial charge in [0.2, 0.25) is 0 Å². The third-order valence-corrected chi connectivity index (χ3v) is 7.16. The molecule has 1 aromatic heterocycles. The molecule has 1 aliphatic rings. The Kier molecular flexibility index (Phi) is 7.61. The molecule has 1 N–H and O–H groups in total. The molecule has 0 unspecified atom stereocenters.